The molecule has 1 amide bonds. The summed E-state index contributed by atoms with van der Waals surface area (Å²) in [7, 11) is 0. The molecular formula is C15H16F4N2O5. The van der Waals surface area contributed by atoms with Crippen LogP contribution in [0.15, 0.2) is 12.1 Å². The fourth-order valence-electron chi connectivity index (χ4n) is 2.37. The molecule has 144 valence electrons. The molecule has 0 spiro atoms. The molecule has 1 aliphatic rings. The van der Waals surface area contributed by atoms with Gasteiger partial charge in [0.2, 0.25) is 0 Å². The quantitative estimate of drug-likeness (QED) is 0.465. The zero-order valence-corrected chi connectivity index (χ0v) is 13.8. The molecule has 11 heteroatoms. The van der Waals surface area contributed by atoms with Gasteiger partial charge in [-0.2, -0.15) is 13.2 Å². The number of aliphatic hydroxyl groups is 1. The topological polar surface area (TPSA) is 92.9 Å². The number of amides is 1. The van der Waals surface area contributed by atoms with Crippen LogP contribution < -0.4 is 4.74 Å². The molecule has 1 aromatic rings. The highest BCUT2D eigenvalue weighted by atomic mass is 19.4. The van der Waals surface area contributed by atoms with Crippen LogP contribution in [0.4, 0.5) is 23.2 Å². The van der Waals surface area contributed by atoms with E-state index in [1.807, 2.05) is 0 Å². The van der Waals surface area contributed by atoms with Crippen LogP contribution in [0, 0.1) is 10.1 Å². The Labute approximate surface area is 145 Å². The van der Waals surface area contributed by atoms with Gasteiger partial charge in [-0.1, -0.05) is 0 Å². The lowest BCUT2D eigenvalue weighted by molar-refractivity contribution is -0.386. The predicted octanol–water partition coefficient (Wildman–Crippen LogP) is 2.60. The van der Waals surface area contributed by atoms with Gasteiger partial charge < -0.3 is 14.7 Å². The number of nitrogens with zero attached hydrogens (tertiary/aromatic N) is 2. The van der Waals surface area contributed by atoms with Gasteiger partial charge in [0, 0.05) is 24.2 Å². The normalized spacial score (nSPS) is 15.8. The molecule has 1 aliphatic heterocycles. The minimum Gasteiger partial charge on any atom is -0.477 e. The maximum atomic E-state index is 14.0. The Morgan fingerprint density at radius 3 is 2.50 bits per heavy atom. The summed E-state index contributed by atoms with van der Waals surface area (Å²) >= 11 is 0. The SMILES string of the molecule is CC(C)(O)C(F)CN1Cc2cc([N+](=O)[O-])c(OCC(F)(F)F)cc2C1=O. The van der Waals surface area contributed by atoms with Crippen molar-refractivity contribution >= 4 is 11.6 Å². The fraction of sp³-hybridized carbons (Fsp3) is 0.533. The maximum Gasteiger partial charge on any atom is 0.422 e. The van der Waals surface area contributed by atoms with Crippen molar-refractivity contribution in [1.82, 2.24) is 4.90 Å². The van der Waals surface area contributed by atoms with Crippen molar-refractivity contribution in [3.05, 3.63) is 33.4 Å². The third-order valence-corrected chi connectivity index (χ3v) is 3.80. The molecule has 1 atom stereocenters. The smallest absolute Gasteiger partial charge is 0.422 e. The van der Waals surface area contributed by atoms with Crippen LogP contribution in [0.25, 0.3) is 0 Å². The molecule has 1 heterocycles. The molecular weight excluding hydrogens is 364 g/mol. The van der Waals surface area contributed by atoms with Gasteiger partial charge in [-0.15, -0.1) is 0 Å². The van der Waals surface area contributed by atoms with Gasteiger partial charge in [-0.25, -0.2) is 4.39 Å². The summed E-state index contributed by atoms with van der Waals surface area (Å²) in [5, 5.41) is 20.7. The molecule has 0 aliphatic carbocycles. The van der Waals surface area contributed by atoms with Crippen molar-refractivity contribution in [3.63, 3.8) is 0 Å². The Balaban J connectivity index is 2.30. The molecule has 0 bridgehead atoms. The number of hydrogen-bond donors (Lipinski definition) is 1. The zero-order chi connectivity index (χ0) is 19.9. The lowest BCUT2D eigenvalue weighted by Crippen LogP contribution is -2.42. The number of benzene rings is 1. The van der Waals surface area contributed by atoms with Gasteiger partial charge in [-0.3, -0.25) is 14.9 Å². The molecule has 0 fully saturated rings. The van der Waals surface area contributed by atoms with Gasteiger partial charge in [-0.05, 0) is 19.4 Å². The number of carbonyl (C=O) groups is 1. The summed E-state index contributed by atoms with van der Waals surface area (Å²) in [5.41, 5.74) is -2.36. The average Bonchev–Trinajstić information content (AvgIpc) is 2.78. The Morgan fingerprint density at radius 2 is 2.00 bits per heavy atom. The Hall–Kier alpha value is -2.43. The Morgan fingerprint density at radius 1 is 1.38 bits per heavy atom. The summed E-state index contributed by atoms with van der Waals surface area (Å²) in [4.78, 5) is 23.5. The number of ether oxygens (including phenoxy) is 1. The second-order valence-corrected chi connectivity index (χ2v) is 6.44. The molecule has 1 N–H and O–H groups in total. The van der Waals surface area contributed by atoms with E-state index in [0.717, 1.165) is 17.0 Å². The summed E-state index contributed by atoms with van der Waals surface area (Å²) < 4.78 is 55.4. The molecule has 26 heavy (non-hydrogen) atoms. The number of fused-ring (bicyclic) bond motifs is 1. The Bertz CT molecular complexity index is 730. The Kier molecular flexibility index (Phi) is 5.13. The molecule has 1 unspecified atom stereocenters. The van der Waals surface area contributed by atoms with Gasteiger partial charge in [0.25, 0.3) is 5.91 Å². The number of nitro groups is 1. The van der Waals surface area contributed by atoms with Crippen LogP contribution in [0.2, 0.25) is 0 Å². The number of halogens is 4. The van der Waals surface area contributed by atoms with E-state index in [4.69, 9.17) is 0 Å². The second kappa shape index (κ2) is 6.71. The molecule has 0 saturated heterocycles. The van der Waals surface area contributed by atoms with Crippen molar-refractivity contribution in [3.8, 4) is 5.75 Å². The highest BCUT2D eigenvalue weighted by Crippen LogP contribution is 2.36. The number of alkyl halides is 4. The second-order valence-electron chi connectivity index (χ2n) is 6.44. The zero-order valence-electron chi connectivity index (χ0n) is 13.8. The van der Waals surface area contributed by atoms with Crippen LogP contribution in [0.3, 0.4) is 0 Å². The van der Waals surface area contributed by atoms with E-state index in [9.17, 15) is 37.6 Å². The van der Waals surface area contributed by atoms with Crippen molar-refractivity contribution in [1.29, 1.82) is 0 Å². The third-order valence-electron chi connectivity index (χ3n) is 3.80. The summed E-state index contributed by atoms with van der Waals surface area (Å²) in [6.07, 6.45) is -6.49. The maximum absolute atomic E-state index is 14.0. The first-order valence-electron chi connectivity index (χ1n) is 7.46. The van der Waals surface area contributed by atoms with E-state index in [0.29, 0.717) is 0 Å². The van der Waals surface area contributed by atoms with Crippen molar-refractivity contribution in [2.24, 2.45) is 0 Å². The average molecular weight is 380 g/mol. The monoisotopic (exact) mass is 380 g/mol. The molecule has 1 aromatic carbocycles. The third kappa shape index (κ3) is 4.40. The van der Waals surface area contributed by atoms with E-state index in [1.54, 1.807) is 0 Å². The number of hydrogen-bond acceptors (Lipinski definition) is 5. The van der Waals surface area contributed by atoms with Gasteiger partial charge in [0.1, 0.15) is 6.17 Å². The van der Waals surface area contributed by atoms with Crippen LogP contribution in [-0.4, -0.2) is 51.9 Å². The first kappa shape index (κ1) is 19.9. The highest BCUT2D eigenvalue weighted by Gasteiger charge is 2.37. The van der Waals surface area contributed by atoms with Crippen LogP contribution in [0.1, 0.15) is 29.8 Å². The van der Waals surface area contributed by atoms with Gasteiger partial charge >= 0.3 is 11.9 Å². The first-order chi connectivity index (χ1) is 11.8. The van der Waals surface area contributed by atoms with E-state index >= 15 is 0 Å². The first-order valence-corrected chi connectivity index (χ1v) is 7.46. The minimum atomic E-state index is -4.71. The van der Waals surface area contributed by atoms with E-state index in [1.165, 1.54) is 13.8 Å². The van der Waals surface area contributed by atoms with Gasteiger partial charge in [0.05, 0.1) is 17.1 Å². The van der Waals surface area contributed by atoms with Crippen molar-refractivity contribution in [2.75, 3.05) is 13.2 Å². The van der Waals surface area contributed by atoms with Gasteiger partial charge in [0.15, 0.2) is 12.4 Å². The summed E-state index contributed by atoms with van der Waals surface area (Å²) in [6, 6.07) is 1.80. The van der Waals surface area contributed by atoms with Crippen LogP contribution >= 0.6 is 0 Å². The van der Waals surface area contributed by atoms with Crippen molar-refractivity contribution in [2.45, 2.75) is 38.3 Å². The number of carbonyl (C=O) groups excluding carboxylic acids is 1. The molecule has 0 radical (unpaired) electrons. The minimum absolute atomic E-state index is 0.101. The van der Waals surface area contributed by atoms with Crippen LogP contribution in [-0.2, 0) is 6.54 Å². The molecule has 0 aromatic heterocycles. The summed E-state index contributed by atoms with van der Waals surface area (Å²) in [5.74, 6) is -1.40. The standard InChI is InChI=1S/C15H16F4N2O5/c1-14(2,23)12(16)6-20-5-8-3-10(21(24)25)11(4-9(8)13(20)22)26-7-15(17,18)19/h3-4,12,23H,5-7H2,1-2H3. The number of rotatable bonds is 6. The van der Waals surface area contributed by atoms with E-state index < -0.39 is 53.4 Å². The fourth-order valence-corrected chi connectivity index (χ4v) is 2.37. The van der Waals surface area contributed by atoms with Crippen LogP contribution in [0.5, 0.6) is 5.75 Å². The van der Waals surface area contributed by atoms with E-state index in [-0.39, 0.29) is 17.7 Å². The molecule has 0 saturated carbocycles. The largest absolute Gasteiger partial charge is 0.477 e. The predicted molar refractivity (Wildman–Crippen MR) is 80.6 cm³/mol. The lowest BCUT2D eigenvalue weighted by atomic mass is 10.0. The summed E-state index contributed by atoms with van der Waals surface area (Å²) in [6.45, 7) is 0.0585. The van der Waals surface area contributed by atoms with E-state index in [2.05, 4.69) is 4.74 Å². The lowest BCUT2D eigenvalue weighted by Gasteiger charge is -2.26. The van der Waals surface area contributed by atoms with Crippen molar-refractivity contribution < 1.29 is 37.1 Å². The number of nitro benzene ring substituents is 1. The highest BCUT2D eigenvalue weighted by molar-refractivity contribution is 5.99. The molecule has 7 nitrogen and oxygen atoms in total. The molecule has 2 rings (SSSR count).